The zero-order valence-corrected chi connectivity index (χ0v) is 8.99. The van der Waals surface area contributed by atoms with Crippen LogP contribution >= 0.6 is 11.6 Å². The molecule has 1 fully saturated rings. The van der Waals surface area contributed by atoms with Crippen molar-refractivity contribution >= 4 is 29.1 Å². The highest BCUT2D eigenvalue weighted by Gasteiger charge is 2.38. The molecule has 1 aliphatic rings. The topological polar surface area (TPSA) is 37.4 Å². The first kappa shape index (κ1) is 10.2. The zero-order valence-electron chi connectivity index (χ0n) is 8.24. The number of anilines is 1. The van der Waals surface area contributed by atoms with E-state index in [2.05, 4.69) is 0 Å². The number of aryl methyl sites for hydroxylation is 1. The Hall–Kier alpha value is -1.35. The van der Waals surface area contributed by atoms with Crippen LogP contribution in [-0.2, 0) is 9.59 Å². The van der Waals surface area contributed by atoms with Crippen LogP contribution in [0.1, 0.15) is 12.0 Å². The molecule has 15 heavy (non-hydrogen) atoms. The van der Waals surface area contributed by atoms with Crippen LogP contribution in [0.2, 0.25) is 0 Å². The van der Waals surface area contributed by atoms with E-state index in [1.54, 1.807) is 12.1 Å². The van der Waals surface area contributed by atoms with Crippen molar-refractivity contribution in [1.29, 1.82) is 0 Å². The molecule has 1 aromatic rings. The van der Waals surface area contributed by atoms with Gasteiger partial charge in [-0.05, 0) is 19.1 Å². The summed E-state index contributed by atoms with van der Waals surface area (Å²) in [7, 11) is 0. The Kier molecular flexibility index (Phi) is 2.49. The fourth-order valence-electron chi connectivity index (χ4n) is 1.56. The summed E-state index contributed by atoms with van der Waals surface area (Å²) in [4.78, 5) is 24.2. The molecule has 1 aromatic carbocycles. The number of halogens is 1. The number of hydrogen-bond donors (Lipinski definition) is 0. The minimum absolute atomic E-state index is 0.0915. The minimum Gasteiger partial charge on any atom is -0.274 e. The van der Waals surface area contributed by atoms with Crippen LogP contribution in [0.25, 0.3) is 0 Å². The molecule has 1 saturated heterocycles. The Morgan fingerprint density at radius 3 is 2.33 bits per heavy atom. The van der Waals surface area contributed by atoms with Crippen molar-refractivity contribution in [2.45, 2.75) is 18.7 Å². The van der Waals surface area contributed by atoms with Gasteiger partial charge in [-0.2, -0.15) is 0 Å². The standard InChI is InChI=1S/C11H10ClNO2/c1-7-2-4-8(5-3-7)13-10(14)6-9(12)11(13)15/h2-5,9H,6H2,1H3/t9-/m1/s1. The summed E-state index contributed by atoms with van der Waals surface area (Å²) >= 11 is 5.72. The van der Waals surface area contributed by atoms with E-state index in [-0.39, 0.29) is 18.2 Å². The van der Waals surface area contributed by atoms with Crippen LogP contribution in [0, 0.1) is 6.92 Å². The van der Waals surface area contributed by atoms with Crippen molar-refractivity contribution in [3.8, 4) is 0 Å². The van der Waals surface area contributed by atoms with Crippen molar-refractivity contribution < 1.29 is 9.59 Å². The zero-order chi connectivity index (χ0) is 11.0. The fourth-order valence-corrected chi connectivity index (χ4v) is 1.79. The van der Waals surface area contributed by atoms with E-state index in [1.807, 2.05) is 19.1 Å². The summed E-state index contributed by atoms with van der Waals surface area (Å²) < 4.78 is 0. The quantitative estimate of drug-likeness (QED) is 0.538. The number of alkyl halides is 1. The Bertz CT molecular complexity index is 413. The van der Waals surface area contributed by atoms with E-state index in [0.717, 1.165) is 10.5 Å². The second kappa shape index (κ2) is 3.66. The number of carbonyl (C=O) groups excluding carboxylic acids is 2. The summed E-state index contributed by atoms with van der Waals surface area (Å²) in [5.41, 5.74) is 1.68. The molecule has 0 unspecified atom stereocenters. The lowest BCUT2D eigenvalue weighted by molar-refractivity contribution is -0.121. The van der Waals surface area contributed by atoms with Gasteiger partial charge >= 0.3 is 0 Å². The number of hydrogen-bond acceptors (Lipinski definition) is 2. The molecule has 1 atom stereocenters. The van der Waals surface area contributed by atoms with Gasteiger partial charge in [0.1, 0.15) is 5.38 Å². The van der Waals surface area contributed by atoms with E-state index in [9.17, 15) is 9.59 Å². The molecule has 4 heteroatoms. The molecule has 0 bridgehead atoms. The third-order valence-corrected chi connectivity index (χ3v) is 2.72. The molecule has 0 saturated carbocycles. The molecule has 0 aliphatic carbocycles. The first-order chi connectivity index (χ1) is 7.09. The third kappa shape index (κ3) is 1.75. The average molecular weight is 224 g/mol. The first-order valence-electron chi connectivity index (χ1n) is 4.67. The van der Waals surface area contributed by atoms with Gasteiger partial charge in [-0.3, -0.25) is 9.59 Å². The monoisotopic (exact) mass is 223 g/mol. The van der Waals surface area contributed by atoms with Crippen molar-refractivity contribution in [1.82, 2.24) is 0 Å². The second-order valence-corrected chi connectivity index (χ2v) is 4.10. The SMILES string of the molecule is Cc1ccc(N2C(=O)C[C@@H](Cl)C2=O)cc1. The van der Waals surface area contributed by atoms with Crippen LogP contribution < -0.4 is 4.90 Å². The normalized spacial score (nSPS) is 21.2. The molecular formula is C11H10ClNO2. The number of amides is 2. The summed E-state index contributed by atoms with van der Waals surface area (Å²) in [6, 6.07) is 7.22. The lowest BCUT2D eigenvalue weighted by Gasteiger charge is -2.13. The summed E-state index contributed by atoms with van der Waals surface area (Å²) in [5.74, 6) is -0.561. The van der Waals surface area contributed by atoms with Gasteiger partial charge < -0.3 is 0 Å². The van der Waals surface area contributed by atoms with Crippen LogP contribution in [0.3, 0.4) is 0 Å². The number of carbonyl (C=O) groups is 2. The molecule has 2 amide bonds. The highest BCUT2D eigenvalue weighted by atomic mass is 35.5. The van der Waals surface area contributed by atoms with E-state index in [1.165, 1.54) is 0 Å². The van der Waals surface area contributed by atoms with Crippen LogP contribution in [0.15, 0.2) is 24.3 Å². The number of imide groups is 1. The molecule has 0 N–H and O–H groups in total. The molecule has 0 spiro atoms. The lowest BCUT2D eigenvalue weighted by atomic mass is 10.2. The largest absolute Gasteiger partial charge is 0.274 e. The minimum atomic E-state index is -0.709. The van der Waals surface area contributed by atoms with Crippen LogP contribution in [0.5, 0.6) is 0 Å². The molecular weight excluding hydrogens is 214 g/mol. The van der Waals surface area contributed by atoms with Crippen molar-refractivity contribution in [2.75, 3.05) is 4.90 Å². The highest BCUT2D eigenvalue weighted by molar-refractivity contribution is 6.40. The first-order valence-corrected chi connectivity index (χ1v) is 5.11. The van der Waals surface area contributed by atoms with E-state index in [4.69, 9.17) is 11.6 Å². The number of rotatable bonds is 1. The maximum atomic E-state index is 11.6. The maximum Gasteiger partial charge on any atom is 0.252 e. The summed E-state index contributed by atoms with van der Waals surface area (Å²) in [6.45, 7) is 1.95. The molecule has 2 rings (SSSR count). The van der Waals surface area contributed by atoms with Gasteiger partial charge in [-0.15, -0.1) is 11.6 Å². The number of nitrogens with zero attached hydrogens (tertiary/aromatic N) is 1. The van der Waals surface area contributed by atoms with Gasteiger partial charge in [-0.1, -0.05) is 17.7 Å². The van der Waals surface area contributed by atoms with E-state index in [0.29, 0.717) is 5.69 Å². The maximum absolute atomic E-state index is 11.6. The molecule has 1 heterocycles. The lowest BCUT2D eigenvalue weighted by Crippen LogP contribution is -2.30. The Morgan fingerprint density at radius 1 is 1.27 bits per heavy atom. The Balaban J connectivity index is 2.35. The fraction of sp³-hybridized carbons (Fsp3) is 0.273. The van der Waals surface area contributed by atoms with Gasteiger partial charge in [0.25, 0.3) is 5.91 Å². The summed E-state index contributed by atoms with van der Waals surface area (Å²) in [6.07, 6.45) is 0.0915. The van der Waals surface area contributed by atoms with E-state index < -0.39 is 5.38 Å². The van der Waals surface area contributed by atoms with Crippen molar-refractivity contribution in [3.05, 3.63) is 29.8 Å². The van der Waals surface area contributed by atoms with Crippen molar-refractivity contribution in [3.63, 3.8) is 0 Å². The average Bonchev–Trinajstić information content (AvgIpc) is 2.44. The van der Waals surface area contributed by atoms with E-state index >= 15 is 0 Å². The molecule has 78 valence electrons. The predicted molar refractivity (Wildman–Crippen MR) is 57.9 cm³/mol. The predicted octanol–water partition coefficient (Wildman–Crippen LogP) is 1.87. The van der Waals surface area contributed by atoms with Gasteiger partial charge in [-0.25, -0.2) is 4.90 Å². The second-order valence-electron chi connectivity index (χ2n) is 3.57. The van der Waals surface area contributed by atoms with Gasteiger partial charge in [0, 0.05) is 0 Å². The molecule has 0 radical (unpaired) electrons. The molecule has 0 aromatic heterocycles. The van der Waals surface area contributed by atoms with Crippen LogP contribution in [-0.4, -0.2) is 17.2 Å². The summed E-state index contributed by atoms with van der Waals surface area (Å²) in [5, 5.41) is -0.709. The van der Waals surface area contributed by atoms with Gasteiger partial charge in [0.15, 0.2) is 0 Å². The van der Waals surface area contributed by atoms with Crippen molar-refractivity contribution in [2.24, 2.45) is 0 Å². The third-order valence-electron chi connectivity index (χ3n) is 2.38. The van der Waals surface area contributed by atoms with Crippen LogP contribution in [0.4, 0.5) is 5.69 Å². The highest BCUT2D eigenvalue weighted by Crippen LogP contribution is 2.25. The molecule has 1 aliphatic heterocycles. The number of benzene rings is 1. The Labute approximate surface area is 92.6 Å². The Morgan fingerprint density at radius 2 is 1.87 bits per heavy atom. The van der Waals surface area contributed by atoms with Gasteiger partial charge in [0.05, 0.1) is 12.1 Å². The van der Waals surface area contributed by atoms with Gasteiger partial charge in [0.2, 0.25) is 5.91 Å². The molecule has 3 nitrogen and oxygen atoms in total. The smallest absolute Gasteiger partial charge is 0.252 e.